The van der Waals surface area contributed by atoms with Crippen molar-refractivity contribution in [1.82, 2.24) is 0 Å². The van der Waals surface area contributed by atoms with E-state index in [9.17, 15) is 14.7 Å². The van der Waals surface area contributed by atoms with Crippen molar-refractivity contribution in [3.05, 3.63) is 36.5 Å². The Morgan fingerprint density at radius 3 is 1.51 bits per heavy atom. The molecule has 0 radical (unpaired) electrons. The number of aliphatic hydroxyl groups is 1. The number of carbonyl (C=O) groups is 2. The predicted octanol–water partition coefficient (Wildman–Crippen LogP) is 11.8. The number of unbranched alkanes of at least 4 members (excludes halogenated alkanes) is 19. The number of rotatable bonds is 36. The van der Waals surface area contributed by atoms with E-state index in [4.69, 9.17) is 14.2 Å². The van der Waals surface area contributed by atoms with Crippen LogP contribution < -0.4 is 0 Å². The summed E-state index contributed by atoms with van der Waals surface area (Å²) in [5.41, 5.74) is 0. The lowest BCUT2D eigenvalue weighted by molar-refractivity contribution is -0.152. The molecule has 1 rings (SSSR count). The lowest BCUT2D eigenvalue weighted by Crippen LogP contribution is -2.25. The molecule has 0 aromatic carbocycles. The second kappa shape index (κ2) is 34.5. The Kier molecular flexibility index (Phi) is 31.8. The number of ether oxygens (including phenoxy) is 3. The van der Waals surface area contributed by atoms with Gasteiger partial charge < -0.3 is 19.3 Å². The first-order valence-corrected chi connectivity index (χ1v) is 20.7. The van der Waals surface area contributed by atoms with Gasteiger partial charge in [-0.2, -0.15) is 0 Å². The van der Waals surface area contributed by atoms with Crippen molar-refractivity contribution >= 4 is 11.9 Å². The van der Waals surface area contributed by atoms with Gasteiger partial charge in [-0.25, -0.2) is 0 Å². The highest BCUT2D eigenvalue weighted by atomic mass is 16.6. The minimum absolute atomic E-state index is 0.137. The van der Waals surface area contributed by atoms with Crippen LogP contribution in [0, 0.1) is 0 Å². The van der Waals surface area contributed by atoms with Crippen molar-refractivity contribution in [3.8, 4) is 0 Å². The molecule has 1 fully saturated rings. The summed E-state index contributed by atoms with van der Waals surface area (Å²) in [7, 11) is 0. The van der Waals surface area contributed by atoms with E-state index in [-0.39, 0.29) is 37.4 Å². The molecule has 1 N–H and O–H groups in total. The van der Waals surface area contributed by atoms with Gasteiger partial charge in [0.1, 0.15) is 19.3 Å². The van der Waals surface area contributed by atoms with Crippen LogP contribution >= 0.6 is 0 Å². The molecule has 0 aromatic heterocycles. The summed E-state index contributed by atoms with van der Waals surface area (Å²) >= 11 is 0. The summed E-state index contributed by atoms with van der Waals surface area (Å²) in [4.78, 5) is 24.0. The van der Waals surface area contributed by atoms with Crippen LogP contribution in [-0.2, 0) is 23.8 Å². The number of hydrogen-bond acceptors (Lipinski definition) is 6. The average molecular weight is 689 g/mol. The van der Waals surface area contributed by atoms with Gasteiger partial charge in [-0.15, -0.1) is 0 Å². The van der Waals surface area contributed by atoms with Gasteiger partial charge in [0.15, 0.2) is 0 Å². The molecule has 1 saturated heterocycles. The van der Waals surface area contributed by atoms with Crippen LogP contribution in [0.5, 0.6) is 0 Å². The van der Waals surface area contributed by atoms with Crippen LogP contribution in [0.15, 0.2) is 36.5 Å². The van der Waals surface area contributed by atoms with Crippen LogP contribution in [0.25, 0.3) is 0 Å². The van der Waals surface area contributed by atoms with E-state index in [2.05, 4.69) is 50.3 Å². The minimum atomic E-state index is -0.992. The summed E-state index contributed by atoms with van der Waals surface area (Å²) in [6.07, 6.45) is 45.1. The highest BCUT2D eigenvalue weighted by Crippen LogP contribution is 2.30. The highest BCUT2D eigenvalue weighted by Gasteiger charge is 2.36. The van der Waals surface area contributed by atoms with Gasteiger partial charge in [-0.05, 0) is 51.4 Å². The first-order chi connectivity index (χ1) is 24.1. The lowest BCUT2D eigenvalue weighted by atomic mass is 10.0. The quantitative estimate of drug-likeness (QED) is 0.0305. The molecule has 6 nitrogen and oxygen atoms in total. The third-order valence-electron chi connectivity index (χ3n) is 9.30. The average Bonchev–Trinajstić information content (AvgIpc) is 3.85. The van der Waals surface area contributed by atoms with Gasteiger partial charge in [0.25, 0.3) is 0 Å². The molecule has 0 aliphatic carbocycles. The van der Waals surface area contributed by atoms with Crippen molar-refractivity contribution in [2.75, 3.05) is 13.2 Å². The molecule has 0 spiro atoms. The summed E-state index contributed by atoms with van der Waals surface area (Å²) < 4.78 is 16.1. The Morgan fingerprint density at radius 2 is 0.980 bits per heavy atom. The SMILES string of the molecule is CCCCC/C=C\C/C=C\C/C=C\CC1OC1CCCC(=O)OC[C@@H](O)COC(=O)CCCCCCCCCCCCCCCCCCC. The molecule has 1 aliphatic heterocycles. The number of allylic oxidation sites excluding steroid dienone is 5. The molecule has 3 atom stereocenters. The molecule has 284 valence electrons. The fourth-order valence-corrected chi connectivity index (χ4v) is 6.06. The van der Waals surface area contributed by atoms with E-state index in [1.165, 1.54) is 116 Å². The van der Waals surface area contributed by atoms with E-state index in [0.29, 0.717) is 19.3 Å². The zero-order valence-electron chi connectivity index (χ0n) is 31.9. The van der Waals surface area contributed by atoms with Crippen molar-refractivity contribution in [2.24, 2.45) is 0 Å². The molecule has 0 bridgehead atoms. The summed E-state index contributed by atoms with van der Waals surface area (Å²) in [6.45, 7) is 4.22. The first-order valence-electron chi connectivity index (χ1n) is 20.7. The molecule has 2 unspecified atom stereocenters. The molecular weight excluding hydrogens is 612 g/mol. The van der Waals surface area contributed by atoms with E-state index < -0.39 is 6.10 Å². The van der Waals surface area contributed by atoms with Gasteiger partial charge in [-0.1, -0.05) is 166 Å². The third-order valence-corrected chi connectivity index (χ3v) is 9.30. The van der Waals surface area contributed by atoms with Crippen LogP contribution in [0.4, 0.5) is 0 Å². The summed E-state index contributed by atoms with van der Waals surface area (Å²) in [5, 5.41) is 10.0. The second-order valence-corrected chi connectivity index (χ2v) is 14.1. The fourth-order valence-electron chi connectivity index (χ4n) is 6.06. The van der Waals surface area contributed by atoms with Gasteiger partial charge in [0.2, 0.25) is 0 Å². The van der Waals surface area contributed by atoms with Crippen LogP contribution in [0.1, 0.15) is 194 Å². The fraction of sp³-hybridized carbons (Fsp3) is 0.814. The maximum Gasteiger partial charge on any atom is 0.305 e. The van der Waals surface area contributed by atoms with E-state index in [1.54, 1.807) is 0 Å². The maximum atomic E-state index is 12.0. The Morgan fingerprint density at radius 1 is 0.551 bits per heavy atom. The number of carbonyl (C=O) groups excluding carboxylic acids is 2. The lowest BCUT2D eigenvalue weighted by Gasteiger charge is -2.12. The van der Waals surface area contributed by atoms with Gasteiger partial charge in [0.05, 0.1) is 12.2 Å². The smallest absolute Gasteiger partial charge is 0.305 e. The Labute approximate surface area is 301 Å². The number of epoxide rings is 1. The minimum Gasteiger partial charge on any atom is -0.463 e. The zero-order chi connectivity index (χ0) is 35.5. The summed E-state index contributed by atoms with van der Waals surface area (Å²) in [5.74, 6) is -0.633. The van der Waals surface area contributed by atoms with Gasteiger partial charge >= 0.3 is 11.9 Å². The highest BCUT2D eigenvalue weighted by molar-refractivity contribution is 5.69. The largest absolute Gasteiger partial charge is 0.463 e. The van der Waals surface area contributed by atoms with Crippen molar-refractivity contribution in [3.63, 3.8) is 0 Å². The topological polar surface area (TPSA) is 85.4 Å². The predicted molar refractivity (Wildman–Crippen MR) is 205 cm³/mol. The number of esters is 2. The first kappa shape index (κ1) is 45.1. The molecule has 49 heavy (non-hydrogen) atoms. The second-order valence-electron chi connectivity index (χ2n) is 14.1. The van der Waals surface area contributed by atoms with E-state index in [1.807, 2.05) is 0 Å². The zero-order valence-corrected chi connectivity index (χ0v) is 31.9. The molecule has 0 amide bonds. The molecule has 1 heterocycles. The number of hydrogen-bond donors (Lipinski definition) is 1. The normalized spacial score (nSPS) is 16.6. The van der Waals surface area contributed by atoms with Gasteiger partial charge in [-0.3, -0.25) is 9.59 Å². The van der Waals surface area contributed by atoms with Gasteiger partial charge in [0, 0.05) is 12.8 Å². The van der Waals surface area contributed by atoms with E-state index >= 15 is 0 Å². The van der Waals surface area contributed by atoms with E-state index in [0.717, 1.165) is 44.9 Å². The van der Waals surface area contributed by atoms with Crippen LogP contribution in [-0.4, -0.2) is 48.6 Å². The van der Waals surface area contributed by atoms with Crippen molar-refractivity contribution in [1.29, 1.82) is 0 Å². The van der Waals surface area contributed by atoms with Crippen LogP contribution in [0.2, 0.25) is 0 Å². The summed E-state index contributed by atoms with van der Waals surface area (Å²) in [6, 6.07) is 0. The number of aliphatic hydroxyl groups excluding tert-OH is 1. The Hall–Kier alpha value is -1.92. The Bertz CT molecular complexity index is 849. The monoisotopic (exact) mass is 689 g/mol. The Balaban J connectivity index is 1.85. The molecule has 0 aromatic rings. The van der Waals surface area contributed by atoms with Crippen molar-refractivity contribution in [2.45, 2.75) is 212 Å². The molecule has 1 aliphatic rings. The van der Waals surface area contributed by atoms with Crippen LogP contribution in [0.3, 0.4) is 0 Å². The molecule has 0 saturated carbocycles. The third kappa shape index (κ3) is 31.8. The van der Waals surface area contributed by atoms with Crippen molar-refractivity contribution < 1.29 is 28.9 Å². The molecular formula is C43H76O6. The molecule has 6 heteroatoms. The standard InChI is InChI=1S/C43H76O6/c1-3-5-7-9-11-13-15-17-18-19-20-21-23-25-27-29-31-35-42(45)47-37-39(44)38-48-43(46)36-32-34-41-40(49-41)33-30-28-26-24-22-16-14-12-10-8-6-4-2/h12,14,22,24,28,30,39-41,44H,3-11,13,15-21,23,25-27,29,31-38H2,1-2H3/b14-12-,24-22-,30-28-/t39-,40?,41?/m0/s1. The maximum absolute atomic E-state index is 12.0.